The van der Waals surface area contributed by atoms with Gasteiger partial charge in [0.15, 0.2) is 0 Å². The third kappa shape index (κ3) is 6.97. The fourth-order valence-corrected chi connectivity index (χ4v) is 1.30. The van der Waals surface area contributed by atoms with Crippen LogP contribution in [0.4, 0.5) is 0 Å². The maximum Gasteiger partial charge on any atom is 1.00 e. The lowest BCUT2D eigenvalue weighted by Gasteiger charge is -2.09. The Balaban J connectivity index is 0. The predicted molar refractivity (Wildman–Crippen MR) is 66.2 cm³/mol. The summed E-state index contributed by atoms with van der Waals surface area (Å²) in [5.74, 6) is 0.815. The van der Waals surface area contributed by atoms with E-state index in [0.717, 1.165) is 25.0 Å². The molecule has 1 N–H and O–H groups in total. The minimum atomic E-state index is 0. The van der Waals surface area contributed by atoms with Crippen LogP contribution in [0.1, 0.15) is 32.1 Å². The molecule has 0 fully saturated rings. The smallest absolute Gasteiger partial charge is 1.00 e. The second kappa shape index (κ2) is 9.02. The molecule has 0 aliphatic rings. The normalized spacial score (nSPS) is 9.82. The third-order valence-electron chi connectivity index (χ3n) is 2.16. The number of rotatable bonds is 7. The zero-order valence-corrected chi connectivity index (χ0v) is 11.0. The number of nitrogens with one attached hydrogen (secondary N) is 1. The SMILES string of the molecule is CC(C)NCCCOc1ccc(C=O)cc1.[Cl-].[H+]. The summed E-state index contributed by atoms with van der Waals surface area (Å²) in [4.78, 5) is 10.4. The molecule has 0 saturated carbocycles. The number of benzene rings is 1. The molecule has 0 saturated heterocycles. The number of hydrogen-bond donors (Lipinski definition) is 1. The van der Waals surface area contributed by atoms with Crippen LogP contribution in [0.15, 0.2) is 24.3 Å². The Labute approximate surface area is 110 Å². The van der Waals surface area contributed by atoms with Gasteiger partial charge >= 0.3 is 1.43 Å². The maximum absolute atomic E-state index is 10.4. The van der Waals surface area contributed by atoms with Crippen LogP contribution < -0.4 is 22.5 Å². The number of aldehydes is 1. The topological polar surface area (TPSA) is 38.3 Å². The van der Waals surface area contributed by atoms with Gasteiger partial charge in [-0.1, -0.05) is 13.8 Å². The molecule has 4 heteroatoms. The lowest BCUT2D eigenvalue weighted by atomic mass is 10.2. The summed E-state index contributed by atoms with van der Waals surface area (Å²) in [6.45, 7) is 5.91. The van der Waals surface area contributed by atoms with E-state index in [0.29, 0.717) is 18.2 Å². The lowest BCUT2D eigenvalue weighted by molar-refractivity contribution is -0.0000106. The van der Waals surface area contributed by atoms with Crippen molar-refractivity contribution >= 4 is 6.29 Å². The van der Waals surface area contributed by atoms with Crippen molar-refractivity contribution in [2.24, 2.45) is 0 Å². The molecule has 0 bridgehead atoms. The Morgan fingerprint density at radius 3 is 2.53 bits per heavy atom. The summed E-state index contributed by atoms with van der Waals surface area (Å²) < 4.78 is 5.53. The quantitative estimate of drug-likeness (QED) is 0.523. The molecule has 1 aromatic carbocycles. The molecular weight excluding hydrogens is 238 g/mol. The Morgan fingerprint density at radius 2 is 2.00 bits per heavy atom. The van der Waals surface area contributed by atoms with Crippen molar-refractivity contribution in [3.05, 3.63) is 29.8 Å². The second-order valence-electron chi connectivity index (χ2n) is 4.00. The largest absolute Gasteiger partial charge is 1.00 e. The van der Waals surface area contributed by atoms with Crippen LogP contribution in [0.25, 0.3) is 0 Å². The molecule has 0 unspecified atom stereocenters. The molecule has 17 heavy (non-hydrogen) atoms. The van der Waals surface area contributed by atoms with E-state index in [4.69, 9.17) is 4.74 Å². The summed E-state index contributed by atoms with van der Waals surface area (Å²) >= 11 is 0. The van der Waals surface area contributed by atoms with Crippen molar-refractivity contribution in [2.45, 2.75) is 26.3 Å². The van der Waals surface area contributed by atoms with Gasteiger partial charge < -0.3 is 22.5 Å². The number of hydrogen-bond acceptors (Lipinski definition) is 3. The highest BCUT2D eigenvalue weighted by Crippen LogP contribution is 2.10. The van der Waals surface area contributed by atoms with Gasteiger partial charge in [0, 0.05) is 11.6 Å². The van der Waals surface area contributed by atoms with Gasteiger partial charge in [-0.15, -0.1) is 0 Å². The van der Waals surface area contributed by atoms with E-state index < -0.39 is 0 Å². The van der Waals surface area contributed by atoms with Gasteiger partial charge in [0.2, 0.25) is 0 Å². The molecule has 3 nitrogen and oxygen atoms in total. The van der Waals surface area contributed by atoms with Gasteiger partial charge in [-0.25, -0.2) is 0 Å². The molecule has 0 aromatic heterocycles. The van der Waals surface area contributed by atoms with Crippen molar-refractivity contribution < 1.29 is 23.4 Å². The Morgan fingerprint density at radius 1 is 1.35 bits per heavy atom. The van der Waals surface area contributed by atoms with Crippen molar-refractivity contribution in [3.63, 3.8) is 0 Å². The number of carbonyl (C=O) groups excluding carboxylic acids is 1. The van der Waals surface area contributed by atoms with Crippen molar-refractivity contribution in [1.82, 2.24) is 5.32 Å². The molecular formula is C13H20ClNO2. The highest BCUT2D eigenvalue weighted by atomic mass is 35.5. The van der Waals surface area contributed by atoms with Crippen molar-refractivity contribution in [3.8, 4) is 5.75 Å². The van der Waals surface area contributed by atoms with Gasteiger partial charge in [0.1, 0.15) is 12.0 Å². The van der Waals surface area contributed by atoms with Gasteiger partial charge in [-0.3, -0.25) is 4.79 Å². The molecule has 0 heterocycles. The minimum absolute atomic E-state index is 0. The van der Waals surface area contributed by atoms with Crippen LogP contribution in [0.3, 0.4) is 0 Å². The van der Waals surface area contributed by atoms with E-state index in [1.165, 1.54) is 0 Å². The monoisotopic (exact) mass is 257 g/mol. The fraction of sp³-hybridized carbons (Fsp3) is 0.462. The molecule has 0 atom stereocenters. The van der Waals surface area contributed by atoms with Crippen LogP contribution >= 0.6 is 0 Å². The molecule has 0 aliphatic carbocycles. The standard InChI is InChI=1S/C13H19NO2.ClH/c1-11(2)14-8-3-9-16-13-6-4-12(10-15)5-7-13;/h4-7,10-11,14H,3,8-9H2,1-2H3;1H. The highest BCUT2D eigenvalue weighted by molar-refractivity contribution is 5.74. The summed E-state index contributed by atoms with van der Waals surface area (Å²) in [5.41, 5.74) is 0.675. The van der Waals surface area contributed by atoms with E-state index in [-0.39, 0.29) is 13.8 Å². The van der Waals surface area contributed by atoms with E-state index >= 15 is 0 Å². The Kier molecular flexibility index (Phi) is 8.46. The molecule has 0 spiro atoms. The maximum atomic E-state index is 10.4. The molecule has 96 valence electrons. The van der Waals surface area contributed by atoms with E-state index in [9.17, 15) is 4.79 Å². The van der Waals surface area contributed by atoms with Crippen LogP contribution in [0.5, 0.6) is 5.75 Å². The molecule has 0 radical (unpaired) electrons. The first-order valence-electron chi connectivity index (χ1n) is 5.64. The molecule has 0 aliphatic heterocycles. The number of ether oxygens (including phenoxy) is 1. The van der Waals surface area contributed by atoms with Gasteiger partial charge in [-0.2, -0.15) is 0 Å². The lowest BCUT2D eigenvalue weighted by Crippen LogP contribution is -3.00. The van der Waals surface area contributed by atoms with Crippen LogP contribution in [-0.4, -0.2) is 25.5 Å². The Bertz CT molecular complexity index is 317. The number of halogens is 1. The summed E-state index contributed by atoms with van der Waals surface area (Å²) in [6.07, 6.45) is 1.81. The average molecular weight is 258 g/mol. The molecule has 0 amide bonds. The van der Waals surface area contributed by atoms with E-state index in [1.807, 2.05) is 12.1 Å². The minimum Gasteiger partial charge on any atom is -1.00 e. The first-order chi connectivity index (χ1) is 7.72. The molecule has 1 rings (SSSR count). The fourth-order valence-electron chi connectivity index (χ4n) is 1.30. The molecule has 1 aromatic rings. The average Bonchev–Trinajstić information content (AvgIpc) is 2.29. The van der Waals surface area contributed by atoms with Crippen LogP contribution in [0.2, 0.25) is 0 Å². The van der Waals surface area contributed by atoms with E-state index in [2.05, 4.69) is 19.2 Å². The zero-order chi connectivity index (χ0) is 11.8. The van der Waals surface area contributed by atoms with E-state index in [1.54, 1.807) is 12.1 Å². The highest BCUT2D eigenvalue weighted by Gasteiger charge is 1.95. The first kappa shape index (κ1) is 15.9. The predicted octanol–water partition coefficient (Wildman–Crippen LogP) is -0.617. The third-order valence-corrected chi connectivity index (χ3v) is 2.16. The summed E-state index contributed by atoms with van der Waals surface area (Å²) in [6, 6.07) is 7.68. The van der Waals surface area contributed by atoms with Gasteiger partial charge in [-0.05, 0) is 37.2 Å². The van der Waals surface area contributed by atoms with Crippen molar-refractivity contribution in [1.29, 1.82) is 0 Å². The van der Waals surface area contributed by atoms with Crippen LogP contribution in [-0.2, 0) is 0 Å². The van der Waals surface area contributed by atoms with Crippen LogP contribution in [0, 0.1) is 0 Å². The first-order valence-corrected chi connectivity index (χ1v) is 5.64. The number of carbonyl (C=O) groups is 1. The van der Waals surface area contributed by atoms with Gasteiger partial charge in [0.25, 0.3) is 0 Å². The Hall–Kier alpha value is -1.06. The zero-order valence-electron chi connectivity index (χ0n) is 11.3. The van der Waals surface area contributed by atoms with Gasteiger partial charge in [0.05, 0.1) is 6.61 Å². The van der Waals surface area contributed by atoms with Crippen molar-refractivity contribution in [2.75, 3.05) is 13.2 Å². The summed E-state index contributed by atoms with van der Waals surface area (Å²) in [7, 11) is 0. The summed E-state index contributed by atoms with van der Waals surface area (Å²) in [5, 5.41) is 3.32. The second-order valence-corrected chi connectivity index (χ2v) is 4.00.